The van der Waals surface area contributed by atoms with Crippen LogP contribution in [0.2, 0.25) is 0 Å². The molecule has 0 spiro atoms. The Hall–Kier alpha value is -4.71. The van der Waals surface area contributed by atoms with E-state index in [0.29, 0.717) is 6.42 Å². The van der Waals surface area contributed by atoms with Crippen molar-refractivity contribution < 1.29 is 28.6 Å². The van der Waals surface area contributed by atoms with E-state index in [1.807, 2.05) is 6.08 Å². The lowest BCUT2D eigenvalue weighted by molar-refractivity contribution is -0.166. The van der Waals surface area contributed by atoms with Gasteiger partial charge in [-0.15, -0.1) is 0 Å². The summed E-state index contributed by atoms with van der Waals surface area (Å²) in [6, 6.07) is 0. The van der Waals surface area contributed by atoms with Crippen LogP contribution in [0, 0.1) is 0 Å². The zero-order chi connectivity index (χ0) is 52.2. The summed E-state index contributed by atoms with van der Waals surface area (Å²) in [4.78, 5) is 38.1. The fraction of sp³-hybridized carbons (Fsp3) is 0.591. The molecule has 0 aromatic rings. The third-order valence-electron chi connectivity index (χ3n) is 11.6. The molecule has 0 aliphatic heterocycles. The molecule has 0 radical (unpaired) electrons. The highest BCUT2D eigenvalue weighted by Crippen LogP contribution is 2.13. The molecule has 0 aliphatic rings. The molecule has 0 rings (SSSR count). The highest BCUT2D eigenvalue weighted by molar-refractivity contribution is 5.72. The van der Waals surface area contributed by atoms with Gasteiger partial charge in [-0.25, -0.2) is 0 Å². The van der Waals surface area contributed by atoms with E-state index < -0.39 is 12.1 Å². The maximum Gasteiger partial charge on any atom is 0.309 e. The van der Waals surface area contributed by atoms with Crippen LogP contribution in [0.3, 0.4) is 0 Å². The van der Waals surface area contributed by atoms with Crippen LogP contribution in [0.4, 0.5) is 0 Å². The number of ether oxygens (including phenoxy) is 3. The molecule has 0 heterocycles. The van der Waals surface area contributed by atoms with Crippen molar-refractivity contribution in [2.75, 3.05) is 13.2 Å². The third-order valence-corrected chi connectivity index (χ3v) is 11.6. The van der Waals surface area contributed by atoms with E-state index in [-0.39, 0.29) is 38.0 Å². The molecule has 0 saturated heterocycles. The molecular weight excluding hydrogens is 889 g/mol. The van der Waals surface area contributed by atoms with E-state index in [1.54, 1.807) is 6.08 Å². The molecule has 0 aliphatic carbocycles. The highest BCUT2D eigenvalue weighted by Gasteiger charge is 2.19. The van der Waals surface area contributed by atoms with Crippen molar-refractivity contribution in [2.24, 2.45) is 0 Å². The third kappa shape index (κ3) is 56.2. The molecular formula is C66H104O6. The van der Waals surface area contributed by atoms with Crippen LogP contribution in [0.25, 0.3) is 0 Å². The summed E-state index contributed by atoms with van der Waals surface area (Å²) >= 11 is 0. The average Bonchev–Trinajstić information content (AvgIpc) is 3.38. The smallest absolute Gasteiger partial charge is 0.309 e. The summed E-state index contributed by atoms with van der Waals surface area (Å²) in [6.07, 6.45) is 84.3. The summed E-state index contributed by atoms with van der Waals surface area (Å²) in [6.45, 7) is 6.27. The summed E-state index contributed by atoms with van der Waals surface area (Å²) < 4.78 is 16.7. The number of carbonyl (C=O) groups is 3. The Labute approximate surface area is 442 Å². The van der Waals surface area contributed by atoms with Gasteiger partial charge >= 0.3 is 17.9 Å². The summed E-state index contributed by atoms with van der Waals surface area (Å²) in [5, 5.41) is 0. The monoisotopic (exact) mass is 993 g/mol. The standard InChI is InChI=1S/C66H104O6/c1-4-7-10-13-16-19-22-25-28-30-31-32-33-34-35-36-39-41-44-47-50-53-56-59-65(68)71-62-63(61-70-64(67)58-55-52-49-46-43-40-37-27-24-21-18-15-12-9-6-3)72-66(69)60-57-54-51-48-45-42-38-29-26-23-20-17-14-11-8-5-2/h7,9-10,12,16,18-21,23,25,27-29,31-32,34-35,37-38,43,46,52,55,63H,4-6,8,11,13-15,17,22,24,26,30,33,36,39-42,44-45,47-51,53-54,56-62H2,1-3H3/b10-7-,12-9-,19-16-,21-18-,23-20-,28-25-,32-31-,35-34-,37-27-,38-29-,46-43-,55-52-. The summed E-state index contributed by atoms with van der Waals surface area (Å²) in [5.74, 6) is -1.09. The molecule has 0 bridgehead atoms. The zero-order valence-electron chi connectivity index (χ0n) is 46.1. The molecule has 404 valence electrons. The molecule has 1 unspecified atom stereocenters. The van der Waals surface area contributed by atoms with Crippen molar-refractivity contribution in [3.63, 3.8) is 0 Å². The van der Waals surface area contributed by atoms with Crippen LogP contribution >= 0.6 is 0 Å². The van der Waals surface area contributed by atoms with Crippen molar-refractivity contribution in [3.05, 3.63) is 146 Å². The number of carbonyl (C=O) groups excluding carboxylic acids is 3. The average molecular weight is 994 g/mol. The molecule has 0 aromatic carbocycles. The van der Waals surface area contributed by atoms with E-state index in [4.69, 9.17) is 14.2 Å². The van der Waals surface area contributed by atoms with Crippen molar-refractivity contribution in [1.29, 1.82) is 0 Å². The zero-order valence-corrected chi connectivity index (χ0v) is 46.1. The number of esters is 3. The second-order valence-corrected chi connectivity index (χ2v) is 18.4. The van der Waals surface area contributed by atoms with Crippen molar-refractivity contribution in [1.82, 2.24) is 0 Å². The Morgan fingerprint density at radius 1 is 0.306 bits per heavy atom. The maximum absolute atomic E-state index is 12.8. The van der Waals surface area contributed by atoms with Crippen molar-refractivity contribution >= 4 is 17.9 Å². The first-order valence-corrected chi connectivity index (χ1v) is 28.8. The fourth-order valence-electron chi connectivity index (χ4n) is 7.34. The second kappa shape index (κ2) is 58.9. The maximum atomic E-state index is 12.8. The van der Waals surface area contributed by atoms with E-state index in [1.165, 1.54) is 57.8 Å². The lowest BCUT2D eigenvalue weighted by atomic mass is 10.1. The number of allylic oxidation sites excluding steroid dienone is 23. The van der Waals surface area contributed by atoms with Gasteiger partial charge in [0.15, 0.2) is 6.10 Å². The van der Waals surface area contributed by atoms with Crippen molar-refractivity contribution in [2.45, 2.75) is 239 Å². The predicted octanol–water partition coefficient (Wildman–Crippen LogP) is 19.6. The summed E-state index contributed by atoms with van der Waals surface area (Å²) in [7, 11) is 0. The highest BCUT2D eigenvalue weighted by atomic mass is 16.6. The number of unbranched alkanes of at least 4 members (excludes halogenated alkanes) is 16. The molecule has 72 heavy (non-hydrogen) atoms. The molecule has 0 aromatic heterocycles. The molecule has 6 nitrogen and oxygen atoms in total. The Morgan fingerprint density at radius 3 is 0.972 bits per heavy atom. The van der Waals surface area contributed by atoms with Gasteiger partial charge in [0.1, 0.15) is 13.2 Å². The minimum Gasteiger partial charge on any atom is -0.462 e. The number of rotatable bonds is 50. The first kappa shape index (κ1) is 67.3. The van der Waals surface area contributed by atoms with E-state index in [2.05, 4.69) is 154 Å². The van der Waals surface area contributed by atoms with Gasteiger partial charge in [0, 0.05) is 12.8 Å². The molecule has 0 amide bonds. The van der Waals surface area contributed by atoms with Crippen LogP contribution in [-0.4, -0.2) is 37.2 Å². The number of hydrogen-bond acceptors (Lipinski definition) is 6. The fourth-order valence-corrected chi connectivity index (χ4v) is 7.34. The molecule has 6 heteroatoms. The van der Waals surface area contributed by atoms with Crippen LogP contribution in [0.15, 0.2) is 146 Å². The lowest BCUT2D eigenvalue weighted by Gasteiger charge is -2.18. The SMILES string of the molecule is CC/C=C\C/C=C\C/C=C\C/C=C\C/C=C\CCCCCCCCCC(=O)OCC(COC(=O)C/C=C\C/C=C\C/C=C\C/C=C\C/C=C\CC)OC(=O)CCCCCCC/C=C\C/C=C\CCCCCC. The Bertz CT molecular complexity index is 1610. The van der Waals surface area contributed by atoms with Gasteiger partial charge in [0.2, 0.25) is 0 Å². The van der Waals surface area contributed by atoms with E-state index in [0.717, 1.165) is 135 Å². The molecule has 0 N–H and O–H groups in total. The topological polar surface area (TPSA) is 78.9 Å². The first-order valence-electron chi connectivity index (χ1n) is 28.8. The van der Waals surface area contributed by atoms with Gasteiger partial charge in [0.25, 0.3) is 0 Å². The van der Waals surface area contributed by atoms with E-state index in [9.17, 15) is 14.4 Å². The van der Waals surface area contributed by atoms with E-state index >= 15 is 0 Å². The predicted molar refractivity (Wildman–Crippen MR) is 311 cm³/mol. The van der Waals surface area contributed by atoms with Crippen LogP contribution < -0.4 is 0 Å². The second-order valence-electron chi connectivity index (χ2n) is 18.4. The minimum absolute atomic E-state index is 0.115. The number of hydrogen-bond donors (Lipinski definition) is 0. The first-order chi connectivity index (χ1) is 35.5. The van der Waals surface area contributed by atoms with Gasteiger partial charge in [-0.3, -0.25) is 14.4 Å². The Kier molecular flexibility index (Phi) is 55.0. The van der Waals surface area contributed by atoms with Gasteiger partial charge in [-0.05, 0) is 122 Å². The molecule has 0 saturated carbocycles. The van der Waals surface area contributed by atoms with Crippen LogP contribution in [-0.2, 0) is 28.6 Å². The van der Waals surface area contributed by atoms with Gasteiger partial charge in [0.05, 0.1) is 6.42 Å². The molecule has 1 atom stereocenters. The summed E-state index contributed by atoms with van der Waals surface area (Å²) in [5.41, 5.74) is 0. The quantitative estimate of drug-likeness (QED) is 0.0261. The molecule has 0 fully saturated rings. The van der Waals surface area contributed by atoms with Crippen LogP contribution in [0.1, 0.15) is 233 Å². The Balaban J connectivity index is 4.52. The minimum atomic E-state index is -0.837. The normalized spacial score (nSPS) is 13.2. The van der Waals surface area contributed by atoms with Gasteiger partial charge in [-0.2, -0.15) is 0 Å². The van der Waals surface area contributed by atoms with Gasteiger partial charge in [-0.1, -0.05) is 237 Å². The van der Waals surface area contributed by atoms with Crippen LogP contribution in [0.5, 0.6) is 0 Å². The van der Waals surface area contributed by atoms with Gasteiger partial charge < -0.3 is 14.2 Å². The largest absolute Gasteiger partial charge is 0.462 e. The Morgan fingerprint density at radius 2 is 0.597 bits per heavy atom. The lowest BCUT2D eigenvalue weighted by Crippen LogP contribution is -2.30. The van der Waals surface area contributed by atoms with Crippen molar-refractivity contribution in [3.8, 4) is 0 Å².